The van der Waals surface area contributed by atoms with Crippen molar-refractivity contribution >= 4 is 16.9 Å². The fourth-order valence-electron chi connectivity index (χ4n) is 6.68. The highest BCUT2D eigenvalue weighted by Gasteiger charge is 2.33. The molecule has 5 aromatic rings. The summed E-state index contributed by atoms with van der Waals surface area (Å²) in [6.07, 6.45) is 12.7. The second kappa shape index (κ2) is 14.6. The van der Waals surface area contributed by atoms with Crippen LogP contribution >= 0.6 is 0 Å². The van der Waals surface area contributed by atoms with E-state index >= 15 is 0 Å². The third kappa shape index (κ3) is 7.61. The van der Waals surface area contributed by atoms with E-state index in [4.69, 9.17) is 27.8 Å². The van der Waals surface area contributed by atoms with Crippen LogP contribution in [-0.2, 0) is 11.2 Å². The summed E-state index contributed by atoms with van der Waals surface area (Å²) in [7, 11) is -4.94. The van der Waals surface area contributed by atoms with Gasteiger partial charge in [-0.3, -0.25) is 0 Å². The predicted molar refractivity (Wildman–Crippen MR) is 185 cm³/mol. The molecule has 0 atom stereocenters. The molecule has 50 heavy (non-hydrogen) atoms. The van der Waals surface area contributed by atoms with Gasteiger partial charge in [0.2, 0.25) is 0 Å². The number of halogens is 1. The first-order valence-corrected chi connectivity index (χ1v) is 17.6. The molecule has 0 saturated carbocycles. The number of allylic oxidation sites excluding steroid dienone is 8. The summed E-state index contributed by atoms with van der Waals surface area (Å²) < 4.78 is 47.3. The summed E-state index contributed by atoms with van der Waals surface area (Å²) in [5.41, 5.74) is 12.2. The SMILES string of the molecule is C1=C(c2ccccc2)OC2=C(/C=C/C=C3\CCc4c(-c5ccccc5)cc(-c5ccccc5)[o+]c43)CCC2=C1c1ccccc1.[O-][Cl+3]([O-])([O-])[O-]. The van der Waals surface area contributed by atoms with Gasteiger partial charge < -0.3 is 4.74 Å². The average molecular weight is 681 g/mol. The van der Waals surface area contributed by atoms with Crippen LogP contribution in [0.4, 0.5) is 0 Å². The molecule has 3 aliphatic rings. The van der Waals surface area contributed by atoms with Gasteiger partial charge in [0, 0.05) is 16.7 Å². The van der Waals surface area contributed by atoms with E-state index in [-0.39, 0.29) is 0 Å². The highest BCUT2D eigenvalue weighted by atomic mass is 35.7. The lowest BCUT2D eigenvalue weighted by Crippen LogP contribution is -2.68. The lowest BCUT2D eigenvalue weighted by molar-refractivity contribution is -2.00. The molecular formula is C43H33ClO6. The number of benzene rings is 4. The average Bonchev–Trinajstić information content (AvgIpc) is 3.75. The minimum Gasteiger partial charge on any atom is -0.456 e. The molecule has 8 rings (SSSR count). The predicted octanol–water partition coefficient (Wildman–Crippen LogP) is 6.60. The van der Waals surface area contributed by atoms with E-state index in [1.54, 1.807) is 0 Å². The largest absolute Gasteiger partial charge is 0.456 e. The van der Waals surface area contributed by atoms with E-state index in [0.717, 1.165) is 59.8 Å². The molecule has 0 spiro atoms. The van der Waals surface area contributed by atoms with Crippen molar-refractivity contribution in [3.8, 4) is 22.5 Å². The summed E-state index contributed by atoms with van der Waals surface area (Å²) in [6.45, 7) is 0. The van der Waals surface area contributed by atoms with Crippen LogP contribution < -0.4 is 18.6 Å². The molecule has 1 aromatic heterocycles. The third-order valence-electron chi connectivity index (χ3n) is 8.93. The lowest BCUT2D eigenvalue weighted by Gasteiger charge is -2.22. The Morgan fingerprint density at radius 2 is 1.18 bits per heavy atom. The number of rotatable bonds is 6. The maximum atomic E-state index is 8.49. The monoisotopic (exact) mass is 680 g/mol. The van der Waals surface area contributed by atoms with Gasteiger partial charge in [0.15, 0.2) is 0 Å². The van der Waals surface area contributed by atoms with E-state index in [9.17, 15) is 0 Å². The summed E-state index contributed by atoms with van der Waals surface area (Å²) >= 11 is 0. The maximum Gasteiger partial charge on any atom is 0.361 e. The minimum absolute atomic E-state index is 0.893. The van der Waals surface area contributed by atoms with Gasteiger partial charge in [-0.2, -0.15) is 0 Å². The first-order valence-electron chi connectivity index (χ1n) is 16.4. The Hall–Kier alpha value is -5.34. The molecule has 2 heterocycles. The number of hydrogen-bond acceptors (Lipinski definition) is 5. The van der Waals surface area contributed by atoms with Crippen molar-refractivity contribution in [2.75, 3.05) is 0 Å². The van der Waals surface area contributed by atoms with Crippen molar-refractivity contribution in [3.63, 3.8) is 0 Å². The molecule has 0 fully saturated rings. The van der Waals surface area contributed by atoms with Gasteiger partial charge in [-0.1, -0.05) is 121 Å². The second-order valence-corrected chi connectivity index (χ2v) is 12.8. The summed E-state index contributed by atoms with van der Waals surface area (Å²) in [5, 5.41) is 0. The van der Waals surface area contributed by atoms with Crippen LogP contribution in [0.2, 0.25) is 0 Å². The number of hydrogen-bond donors (Lipinski definition) is 0. The lowest BCUT2D eigenvalue weighted by atomic mass is 9.95. The van der Waals surface area contributed by atoms with E-state index in [0.29, 0.717) is 0 Å². The highest BCUT2D eigenvalue weighted by Crippen LogP contribution is 2.45. The Labute approximate surface area is 293 Å². The molecule has 248 valence electrons. The van der Waals surface area contributed by atoms with Gasteiger partial charge in [-0.15, -0.1) is 10.2 Å². The third-order valence-corrected chi connectivity index (χ3v) is 8.93. The molecular weight excluding hydrogens is 648 g/mol. The quantitative estimate of drug-likeness (QED) is 0.187. The van der Waals surface area contributed by atoms with Gasteiger partial charge in [0.05, 0.1) is 22.8 Å². The van der Waals surface area contributed by atoms with Crippen LogP contribution in [0.3, 0.4) is 0 Å². The fourth-order valence-corrected chi connectivity index (χ4v) is 6.68. The van der Waals surface area contributed by atoms with Crippen molar-refractivity contribution < 1.29 is 38.0 Å². The second-order valence-electron chi connectivity index (χ2n) is 12.1. The van der Waals surface area contributed by atoms with Crippen molar-refractivity contribution in [1.29, 1.82) is 0 Å². The molecule has 0 saturated heterocycles. The van der Waals surface area contributed by atoms with Crippen LogP contribution in [0.25, 0.3) is 39.4 Å². The van der Waals surface area contributed by atoms with Crippen LogP contribution in [0.5, 0.6) is 0 Å². The van der Waals surface area contributed by atoms with Crippen molar-refractivity contribution in [2.24, 2.45) is 0 Å². The first kappa shape index (κ1) is 33.2. The van der Waals surface area contributed by atoms with Gasteiger partial charge in [-0.25, -0.2) is 23.1 Å². The molecule has 0 amide bonds. The minimum atomic E-state index is -4.94. The maximum absolute atomic E-state index is 8.49. The molecule has 6 nitrogen and oxygen atoms in total. The molecule has 2 aliphatic carbocycles. The van der Waals surface area contributed by atoms with Crippen LogP contribution in [0, 0.1) is 10.2 Å². The zero-order valence-electron chi connectivity index (χ0n) is 27.1. The van der Waals surface area contributed by atoms with Crippen molar-refractivity contribution in [3.05, 3.63) is 191 Å². The summed E-state index contributed by atoms with van der Waals surface area (Å²) in [4.78, 5) is 0. The van der Waals surface area contributed by atoms with Crippen LogP contribution in [-0.4, -0.2) is 0 Å². The summed E-state index contributed by atoms with van der Waals surface area (Å²) in [6, 6.07) is 44.4. The Morgan fingerprint density at radius 1 is 0.620 bits per heavy atom. The molecule has 7 heteroatoms. The van der Waals surface area contributed by atoms with Gasteiger partial charge >= 0.3 is 11.5 Å². The van der Waals surface area contributed by atoms with Gasteiger partial charge in [0.1, 0.15) is 11.5 Å². The van der Waals surface area contributed by atoms with E-state index in [1.807, 2.05) is 12.1 Å². The van der Waals surface area contributed by atoms with Gasteiger partial charge in [0.25, 0.3) is 0 Å². The Kier molecular flexibility index (Phi) is 9.72. The van der Waals surface area contributed by atoms with Crippen LogP contribution in [0.15, 0.2) is 173 Å². The Balaban J connectivity index is 0.000000734. The highest BCUT2D eigenvalue weighted by molar-refractivity contribution is 5.89. The molecule has 0 unspecified atom stereocenters. The molecule has 0 N–H and O–H groups in total. The Bertz CT molecular complexity index is 2140. The van der Waals surface area contributed by atoms with Crippen molar-refractivity contribution in [2.45, 2.75) is 25.7 Å². The van der Waals surface area contributed by atoms with E-state index in [2.05, 4.69) is 140 Å². The zero-order valence-corrected chi connectivity index (χ0v) is 27.8. The Morgan fingerprint density at radius 3 is 1.80 bits per heavy atom. The summed E-state index contributed by atoms with van der Waals surface area (Å²) in [5.74, 6) is 3.78. The number of fused-ring (bicyclic) bond motifs is 2. The van der Waals surface area contributed by atoms with E-state index in [1.165, 1.54) is 44.5 Å². The fraction of sp³-hybridized carbons (Fsp3) is 0.0930. The van der Waals surface area contributed by atoms with E-state index < -0.39 is 10.2 Å². The molecule has 0 radical (unpaired) electrons. The molecule has 4 aromatic carbocycles. The number of ether oxygens (including phenoxy) is 1. The topological polar surface area (TPSA) is 113 Å². The smallest absolute Gasteiger partial charge is 0.361 e. The standard InChI is InChI=1S/C43H33O2.ClHO4/c1-5-14-30(15-6-1)38-28-40(32-18-9-3-10-19-32)44-42-34(24-26-36(38)42)22-13-23-35-25-27-37-39(31-16-7-2-8-17-31)29-41(45-43(35)37)33-20-11-4-12-21-33;2-1(3,4)5/h1-23,28-29H,24-27H2;(H,2,3,4,5)/q+1;/p-1. The van der Waals surface area contributed by atoms with Crippen LogP contribution in [0.1, 0.15) is 41.7 Å². The first-order chi connectivity index (χ1) is 24.3. The molecule has 1 aliphatic heterocycles. The van der Waals surface area contributed by atoms with Gasteiger partial charge in [-0.05, 0) is 72.2 Å². The zero-order chi connectivity index (χ0) is 34.5. The van der Waals surface area contributed by atoms with Crippen molar-refractivity contribution in [1.82, 2.24) is 0 Å². The molecule has 0 bridgehead atoms. The normalized spacial score (nSPS) is 16.2.